The lowest BCUT2D eigenvalue weighted by Gasteiger charge is -2.17. The van der Waals surface area contributed by atoms with E-state index in [-0.39, 0.29) is 11.4 Å². The number of benzene rings is 1. The molecule has 11 heteroatoms. The first-order chi connectivity index (χ1) is 14.5. The number of anilines is 1. The second kappa shape index (κ2) is 8.70. The number of hydrogen-bond donors (Lipinski definition) is 4. The molecule has 4 rings (SSSR count). The van der Waals surface area contributed by atoms with Crippen molar-refractivity contribution in [1.82, 2.24) is 19.5 Å². The van der Waals surface area contributed by atoms with Crippen molar-refractivity contribution in [3.8, 4) is 5.75 Å². The zero-order valence-corrected chi connectivity index (χ0v) is 16.8. The second-order valence-electron chi connectivity index (χ2n) is 7.02. The van der Waals surface area contributed by atoms with Gasteiger partial charge < -0.3 is 30.1 Å². The molecule has 3 heterocycles. The fourth-order valence-corrected chi connectivity index (χ4v) is 3.49. The summed E-state index contributed by atoms with van der Waals surface area (Å²) >= 11 is 6.10. The van der Waals surface area contributed by atoms with Gasteiger partial charge >= 0.3 is 0 Å². The largest absolute Gasteiger partial charge is 0.489 e. The minimum atomic E-state index is -1.26. The summed E-state index contributed by atoms with van der Waals surface area (Å²) in [7, 11) is 0. The quantitative estimate of drug-likeness (QED) is 0.400. The van der Waals surface area contributed by atoms with E-state index < -0.39 is 31.1 Å². The van der Waals surface area contributed by atoms with Crippen molar-refractivity contribution in [2.75, 3.05) is 18.5 Å². The average molecular weight is 436 g/mol. The first-order valence-electron chi connectivity index (χ1n) is 9.46. The summed E-state index contributed by atoms with van der Waals surface area (Å²) in [6, 6.07) is 9.46. The summed E-state index contributed by atoms with van der Waals surface area (Å²) in [6.45, 7) is 1.92. The highest BCUT2D eigenvalue weighted by Gasteiger charge is 2.44. The number of ether oxygens (including phenoxy) is 2. The van der Waals surface area contributed by atoms with Crippen molar-refractivity contribution in [2.45, 2.75) is 37.6 Å². The first-order valence-corrected chi connectivity index (χ1v) is 9.84. The van der Waals surface area contributed by atoms with Gasteiger partial charge in [-0.25, -0.2) is 4.98 Å². The maximum atomic E-state index is 10.3. The third-order valence-electron chi connectivity index (χ3n) is 4.82. The minimum Gasteiger partial charge on any atom is -0.489 e. The van der Waals surface area contributed by atoms with Gasteiger partial charge in [0.1, 0.15) is 30.2 Å². The third kappa shape index (κ3) is 4.05. The molecule has 30 heavy (non-hydrogen) atoms. The second-order valence-corrected chi connectivity index (χ2v) is 7.35. The smallest absolute Gasteiger partial charge is 0.226 e. The summed E-state index contributed by atoms with van der Waals surface area (Å²) in [6.07, 6.45) is -3.12. The third-order valence-corrected chi connectivity index (χ3v) is 4.99. The Bertz CT molecular complexity index is 1000. The summed E-state index contributed by atoms with van der Waals surface area (Å²) in [5.74, 6) is 1.16. The maximum Gasteiger partial charge on any atom is 0.226 e. The molecule has 2 aromatic heterocycles. The van der Waals surface area contributed by atoms with Crippen LogP contribution in [0.25, 0.3) is 11.2 Å². The van der Waals surface area contributed by atoms with Gasteiger partial charge in [0.25, 0.3) is 0 Å². The van der Waals surface area contributed by atoms with Crippen molar-refractivity contribution in [3.63, 3.8) is 0 Å². The molecule has 0 spiro atoms. The molecule has 10 nitrogen and oxygen atoms in total. The van der Waals surface area contributed by atoms with E-state index in [1.165, 1.54) is 10.9 Å². The monoisotopic (exact) mass is 435 g/mol. The molecule has 3 unspecified atom stereocenters. The Kier molecular flexibility index (Phi) is 6.02. The van der Waals surface area contributed by atoms with Gasteiger partial charge in [0.2, 0.25) is 5.28 Å². The van der Waals surface area contributed by atoms with E-state index >= 15 is 0 Å². The van der Waals surface area contributed by atoms with Crippen molar-refractivity contribution in [2.24, 2.45) is 0 Å². The molecule has 1 fully saturated rings. The number of fused-ring (bicyclic) bond motifs is 1. The fourth-order valence-electron chi connectivity index (χ4n) is 3.32. The molecular formula is C19H22ClN5O5. The Balaban J connectivity index is 1.54. The fraction of sp³-hybridized carbons (Fsp3) is 0.421. The number of imidazole rings is 1. The molecule has 0 amide bonds. The van der Waals surface area contributed by atoms with Crippen molar-refractivity contribution in [1.29, 1.82) is 0 Å². The number of nitrogens with one attached hydrogen (secondary N) is 1. The lowest BCUT2D eigenvalue weighted by atomic mass is 10.1. The van der Waals surface area contributed by atoms with Crippen molar-refractivity contribution >= 4 is 28.6 Å². The molecule has 160 valence electrons. The van der Waals surface area contributed by atoms with Crippen molar-refractivity contribution in [3.05, 3.63) is 41.9 Å². The first kappa shape index (κ1) is 20.8. The van der Waals surface area contributed by atoms with Crippen LogP contribution in [0.15, 0.2) is 36.7 Å². The van der Waals surface area contributed by atoms with Crippen LogP contribution in [0.1, 0.15) is 13.2 Å². The summed E-state index contributed by atoms with van der Waals surface area (Å²) in [5.41, 5.74) is 0.744. The van der Waals surface area contributed by atoms with E-state index in [4.69, 9.17) is 21.1 Å². The molecular weight excluding hydrogens is 414 g/mol. The Labute approximate surface area is 177 Å². The molecule has 5 atom stereocenters. The zero-order chi connectivity index (χ0) is 21.3. The van der Waals surface area contributed by atoms with Gasteiger partial charge in [-0.1, -0.05) is 18.2 Å². The van der Waals surface area contributed by atoms with Crippen LogP contribution < -0.4 is 10.1 Å². The summed E-state index contributed by atoms with van der Waals surface area (Å²) in [5, 5.41) is 32.8. The van der Waals surface area contributed by atoms with Gasteiger partial charge in [0.05, 0.1) is 19.5 Å². The van der Waals surface area contributed by atoms with E-state index in [9.17, 15) is 15.3 Å². The number of nitrogens with zero attached hydrogens (tertiary/aromatic N) is 4. The van der Waals surface area contributed by atoms with Crippen LogP contribution in [-0.4, -0.2) is 72.4 Å². The summed E-state index contributed by atoms with van der Waals surface area (Å²) < 4.78 is 12.9. The molecule has 1 aliphatic heterocycles. The topological polar surface area (TPSA) is 135 Å². The Morgan fingerprint density at radius 3 is 2.70 bits per heavy atom. The van der Waals surface area contributed by atoms with Crippen molar-refractivity contribution < 1.29 is 24.8 Å². The average Bonchev–Trinajstić information content (AvgIpc) is 3.28. The number of para-hydroxylation sites is 1. The molecule has 3 aromatic rings. The van der Waals surface area contributed by atoms with Gasteiger partial charge in [-0.15, -0.1) is 0 Å². The van der Waals surface area contributed by atoms with E-state index in [0.717, 1.165) is 5.75 Å². The number of aliphatic hydroxyl groups excluding tert-OH is 3. The highest BCUT2D eigenvalue weighted by molar-refractivity contribution is 6.28. The predicted octanol–water partition coefficient (Wildman–Crippen LogP) is 0.971. The van der Waals surface area contributed by atoms with Crippen LogP contribution in [0.5, 0.6) is 5.75 Å². The summed E-state index contributed by atoms with van der Waals surface area (Å²) in [4.78, 5) is 12.7. The van der Waals surface area contributed by atoms with Gasteiger partial charge in [0, 0.05) is 0 Å². The highest BCUT2D eigenvalue weighted by atomic mass is 35.5. The van der Waals surface area contributed by atoms with Crippen LogP contribution in [-0.2, 0) is 4.74 Å². The molecule has 1 aromatic carbocycles. The molecule has 0 radical (unpaired) electrons. The Morgan fingerprint density at radius 1 is 1.23 bits per heavy atom. The lowest BCUT2D eigenvalue weighted by Crippen LogP contribution is -2.33. The van der Waals surface area contributed by atoms with E-state index in [1.54, 1.807) is 0 Å². The van der Waals surface area contributed by atoms with E-state index in [0.29, 0.717) is 23.5 Å². The van der Waals surface area contributed by atoms with Crippen LogP contribution in [0.2, 0.25) is 5.28 Å². The molecule has 0 bridgehead atoms. The molecule has 4 N–H and O–H groups in total. The Hall–Kier alpha value is -2.50. The number of halogens is 1. The van der Waals surface area contributed by atoms with Gasteiger partial charge in [-0.2, -0.15) is 9.97 Å². The SMILES string of the molecule is CC(CNc1nc(Cl)nc2c1ncn2[C@@H]1O[C@H](CO)C(O)C1O)Oc1ccccc1. The number of rotatable bonds is 7. The zero-order valence-electron chi connectivity index (χ0n) is 16.1. The number of hydrogen-bond acceptors (Lipinski definition) is 9. The van der Waals surface area contributed by atoms with Gasteiger partial charge in [-0.05, 0) is 30.7 Å². The lowest BCUT2D eigenvalue weighted by molar-refractivity contribution is -0.0511. The predicted molar refractivity (Wildman–Crippen MR) is 108 cm³/mol. The molecule has 1 saturated heterocycles. The van der Waals surface area contributed by atoms with Crippen LogP contribution in [0, 0.1) is 0 Å². The van der Waals surface area contributed by atoms with Gasteiger partial charge in [-0.3, -0.25) is 4.57 Å². The highest BCUT2D eigenvalue weighted by Crippen LogP contribution is 2.32. The molecule has 0 aliphatic carbocycles. The van der Waals surface area contributed by atoms with E-state index in [1.807, 2.05) is 37.3 Å². The molecule has 1 aliphatic rings. The standard InChI is InChI=1S/C19H22ClN5O5/c1-10(29-11-5-3-2-4-6-11)7-21-16-13-17(24-19(20)23-16)25(9-22-13)18-15(28)14(27)12(8-26)30-18/h2-6,9-10,12,14-15,18,26-28H,7-8H2,1H3,(H,21,23,24)/t10?,12-,14?,15?,18-/m1/s1. The maximum absolute atomic E-state index is 10.3. The minimum absolute atomic E-state index is 0.0184. The Morgan fingerprint density at radius 2 is 2.00 bits per heavy atom. The number of aliphatic hydroxyl groups is 3. The van der Waals surface area contributed by atoms with Crippen LogP contribution in [0.3, 0.4) is 0 Å². The molecule has 0 saturated carbocycles. The van der Waals surface area contributed by atoms with Crippen LogP contribution >= 0.6 is 11.6 Å². The normalized spacial score (nSPS) is 24.8. The van der Waals surface area contributed by atoms with E-state index in [2.05, 4.69) is 20.3 Å². The number of aromatic nitrogens is 4. The van der Waals surface area contributed by atoms with Gasteiger partial charge in [0.15, 0.2) is 23.2 Å². The van der Waals surface area contributed by atoms with Crippen LogP contribution in [0.4, 0.5) is 5.82 Å².